The van der Waals surface area contributed by atoms with Crippen molar-refractivity contribution in [2.24, 2.45) is 5.41 Å². The molecule has 1 aliphatic heterocycles. The molecule has 0 saturated carbocycles. The molecule has 18 heavy (non-hydrogen) atoms. The van der Waals surface area contributed by atoms with Crippen LogP contribution in [0.3, 0.4) is 0 Å². The molecule has 106 valence electrons. The van der Waals surface area contributed by atoms with E-state index in [0.29, 0.717) is 13.2 Å². The first-order valence-corrected chi connectivity index (χ1v) is 6.64. The van der Waals surface area contributed by atoms with Crippen LogP contribution in [0.2, 0.25) is 0 Å². The molecule has 5 nitrogen and oxygen atoms in total. The van der Waals surface area contributed by atoms with Crippen molar-refractivity contribution in [2.75, 3.05) is 40.0 Å². The van der Waals surface area contributed by atoms with Gasteiger partial charge in [-0.3, -0.25) is 9.69 Å². The van der Waals surface area contributed by atoms with Gasteiger partial charge in [-0.05, 0) is 26.3 Å². The highest BCUT2D eigenvalue weighted by Gasteiger charge is 2.34. The zero-order chi connectivity index (χ0) is 13.6. The first-order valence-electron chi connectivity index (χ1n) is 6.64. The lowest BCUT2D eigenvalue weighted by Gasteiger charge is -2.41. The third-order valence-corrected chi connectivity index (χ3v) is 3.72. The molecule has 0 radical (unpaired) electrons. The monoisotopic (exact) mass is 258 g/mol. The fourth-order valence-corrected chi connectivity index (χ4v) is 2.41. The van der Waals surface area contributed by atoms with Crippen LogP contribution in [0.1, 0.15) is 26.7 Å². The lowest BCUT2D eigenvalue weighted by atomic mass is 9.82. The van der Waals surface area contributed by atoms with Gasteiger partial charge in [0, 0.05) is 32.2 Å². The molecule has 0 bridgehead atoms. The van der Waals surface area contributed by atoms with Gasteiger partial charge in [0.05, 0.1) is 12.6 Å². The summed E-state index contributed by atoms with van der Waals surface area (Å²) in [6.45, 7) is 6.97. The van der Waals surface area contributed by atoms with Crippen LogP contribution < -0.4 is 5.32 Å². The zero-order valence-electron chi connectivity index (χ0n) is 11.7. The molecule has 1 rings (SSSR count). The molecule has 0 aromatic heterocycles. The molecule has 5 heteroatoms. The van der Waals surface area contributed by atoms with Gasteiger partial charge in [0.1, 0.15) is 0 Å². The summed E-state index contributed by atoms with van der Waals surface area (Å²) in [5, 5.41) is 12.3. The largest absolute Gasteiger partial charge is 0.396 e. The lowest BCUT2D eigenvalue weighted by molar-refractivity contribution is -0.127. The maximum Gasteiger partial charge on any atom is 0.237 e. The van der Waals surface area contributed by atoms with E-state index in [9.17, 15) is 9.90 Å². The SMILES string of the molecule is COCCNC(=O)C(C)N1CCCC(C)(CO)C1. The Morgan fingerprint density at radius 2 is 2.33 bits per heavy atom. The topological polar surface area (TPSA) is 61.8 Å². The van der Waals surface area contributed by atoms with Crippen molar-refractivity contribution in [2.45, 2.75) is 32.7 Å². The number of aliphatic hydroxyl groups is 1. The molecule has 1 aliphatic rings. The lowest BCUT2D eigenvalue weighted by Crippen LogP contribution is -2.52. The number of likely N-dealkylation sites (tertiary alicyclic amines) is 1. The highest BCUT2D eigenvalue weighted by atomic mass is 16.5. The van der Waals surface area contributed by atoms with E-state index in [1.54, 1.807) is 7.11 Å². The number of nitrogens with zero attached hydrogens (tertiary/aromatic N) is 1. The Kier molecular flexibility index (Phi) is 6.05. The minimum absolute atomic E-state index is 0.0363. The van der Waals surface area contributed by atoms with E-state index in [1.165, 1.54) is 0 Å². The van der Waals surface area contributed by atoms with Crippen molar-refractivity contribution in [1.82, 2.24) is 10.2 Å². The van der Waals surface area contributed by atoms with Gasteiger partial charge >= 0.3 is 0 Å². The molecule has 0 spiro atoms. The molecular weight excluding hydrogens is 232 g/mol. The molecule has 0 aromatic rings. The van der Waals surface area contributed by atoms with E-state index < -0.39 is 0 Å². The number of rotatable bonds is 6. The van der Waals surface area contributed by atoms with Crippen LogP contribution in [0, 0.1) is 5.41 Å². The Bertz CT molecular complexity index is 273. The van der Waals surface area contributed by atoms with Gasteiger partial charge in [-0.1, -0.05) is 6.92 Å². The Hall–Kier alpha value is -0.650. The highest BCUT2D eigenvalue weighted by Crippen LogP contribution is 2.29. The van der Waals surface area contributed by atoms with Crippen molar-refractivity contribution in [3.05, 3.63) is 0 Å². The van der Waals surface area contributed by atoms with Gasteiger partial charge in [0.25, 0.3) is 0 Å². The fraction of sp³-hybridized carbons (Fsp3) is 0.923. The first kappa shape index (κ1) is 15.4. The second kappa shape index (κ2) is 7.07. The van der Waals surface area contributed by atoms with Crippen LogP contribution >= 0.6 is 0 Å². The number of hydrogen-bond acceptors (Lipinski definition) is 4. The summed E-state index contributed by atoms with van der Waals surface area (Å²) in [6, 6.07) is -0.145. The molecule has 1 saturated heterocycles. The van der Waals surface area contributed by atoms with E-state index in [4.69, 9.17) is 4.74 Å². The van der Waals surface area contributed by atoms with E-state index >= 15 is 0 Å². The summed E-state index contributed by atoms with van der Waals surface area (Å²) >= 11 is 0. The number of amides is 1. The number of carbonyl (C=O) groups excluding carboxylic acids is 1. The van der Waals surface area contributed by atoms with Crippen molar-refractivity contribution >= 4 is 5.91 Å². The normalized spacial score (nSPS) is 26.9. The van der Waals surface area contributed by atoms with Crippen molar-refractivity contribution in [1.29, 1.82) is 0 Å². The molecule has 2 atom stereocenters. The molecule has 2 N–H and O–H groups in total. The molecule has 0 aliphatic carbocycles. The Morgan fingerprint density at radius 3 is 2.94 bits per heavy atom. The molecule has 1 amide bonds. The predicted octanol–water partition coefficient (Wildman–Crippen LogP) is 0.232. The van der Waals surface area contributed by atoms with Gasteiger partial charge < -0.3 is 15.2 Å². The number of carbonyl (C=O) groups is 1. The highest BCUT2D eigenvalue weighted by molar-refractivity contribution is 5.81. The molecule has 0 aromatic carbocycles. The van der Waals surface area contributed by atoms with Gasteiger partial charge in [0.15, 0.2) is 0 Å². The number of piperidine rings is 1. The Balaban J connectivity index is 2.45. The van der Waals surface area contributed by atoms with E-state index in [-0.39, 0.29) is 24.0 Å². The Labute approximate surface area is 109 Å². The second-order valence-electron chi connectivity index (χ2n) is 5.50. The van der Waals surface area contributed by atoms with Gasteiger partial charge in [0.2, 0.25) is 5.91 Å². The van der Waals surface area contributed by atoms with E-state index in [0.717, 1.165) is 25.9 Å². The summed E-state index contributed by atoms with van der Waals surface area (Å²) in [6.07, 6.45) is 2.06. The number of ether oxygens (including phenoxy) is 1. The molecule has 1 fully saturated rings. The Morgan fingerprint density at radius 1 is 1.61 bits per heavy atom. The average Bonchev–Trinajstić information content (AvgIpc) is 2.38. The summed E-state index contributed by atoms with van der Waals surface area (Å²) in [7, 11) is 1.62. The van der Waals surface area contributed by atoms with Crippen molar-refractivity contribution < 1.29 is 14.6 Å². The second-order valence-corrected chi connectivity index (χ2v) is 5.50. The third-order valence-electron chi connectivity index (χ3n) is 3.72. The predicted molar refractivity (Wildman–Crippen MR) is 70.3 cm³/mol. The molecular formula is C13H26N2O3. The summed E-state index contributed by atoms with van der Waals surface area (Å²) in [5.74, 6) is 0.0363. The molecule has 2 unspecified atom stereocenters. The summed E-state index contributed by atoms with van der Waals surface area (Å²) < 4.78 is 4.91. The van der Waals surface area contributed by atoms with Gasteiger partial charge in [-0.2, -0.15) is 0 Å². The zero-order valence-corrected chi connectivity index (χ0v) is 11.7. The summed E-state index contributed by atoms with van der Waals surface area (Å²) in [5.41, 5.74) is -0.0701. The maximum atomic E-state index is 11.9. The number of aliphatic hydroxyl groups excluding tert-OH is 1. The van der Waals surface area contributed by atoms with E-state index in [2.05, 4.69) is 17.1 Å². The van der Waals surface area contributed by atoms with Crippen molar-refractivity contribution in [3.63, 3.8) is 0 Å². The number of nitrogens with one attached hydrogen (secondary N) is 1. The van der Waals surface area contributed by atoms with Crippen LogP contribution in [0.25, 0.3) is 0 Å². The van der Waals surface area contributed by atoms with Crippen LogP contribution in [-0.4, -0.2) is 61.9 Å². The van der Waals surface area contributed by atoms with Crippen LogP contribution in [0.5, 0.6) is 0 Å². The van der Waals surface area contributed by atoms with Gasteiger partial charge in [-0.15, -0.1) is 0 Å². The number of hydrogen-bond donors (Lipinski definition) is 2. The van der Waals surface area contributed by atoms with Crippen molar-refractivity contribution in [3.8, 4) is 0 Å². The van der Waals surface area contributed by atoms with Gasteiger partial charge in [-0.25, -0.2) is 0 Å². The molecule has 1 heterocycles. The number of methoxy groups -OCH3 is 1. The smallest absolute Gasteiger partial charge is 0.237 e. The van der Waals surface area contributed by atoms with E-state index in [1.807, 2.05) is 6.92 Å². The standard InChI is InChI=1S/C13H26N2O3/c1-11(12(17)14-6-8-18-3)15-7-4-5-13(2,9-15)10-16/h11,16H,4-10H2,1-3H3,(H,14,17). The quantitative estimate of drug-likeness (QED) is 0.670. The average molecular weight is 258 g/mol. The first-order chi connectivity index (χ1) is 8.52. The van der Waals surface area contributed by atoms with Crippen LogP contribution in [-0.2, 0) is 9.53 Å². The minimum Gasteiger partial charge on any atom is -0.396 e. The summed E-state index contributed by atoms with van der Waals surface area (Å²) in [4.78, 5) is 14.1. The van der Waals surface area contributed by atoms with Crippen LogP contribution in [0.15, 0.2) is 0 Å². The third kappa shape index (κ3) is 4.23. The maximum absolute atomic E-state index is 11.9. The minimum atomic E-state index is -0.145. The fourth-order valence-electron chi connectivity index (χ4n) is 2.41. The van der Waals surface area contributed by atoms with Crippen LogP contribution in [0.4, 0.5) is 0 Å².